The van der Waals surface area contributed by atoms with E-state index >= 15 is 0 Å². The summed E-state index contributed by atoms with van der Waals surface area (Å²) in [4.78, 5) is 22.8. The molecule has 24 heavy (non-hydrogen) atoms. The SMILES string of the molecule is COC(=O)c1ccc(Nc2cc(N3CCCCC3)nc(C)n2)cc1. The average molecular weight is 326 g/mol. The fraction of sp³-hybridized carbons (Fsp3) is 0.389. The molecule has 1 aliphatic heterocycles. The van der Waals surface area contributed by atoms with Crippen LogP contribution in [0.2, 0.25) is 0 Å². The van der Waals surface area contributed by atoms with Crippen LogP contribution >= 0.6 is 0 Å². The van der Waals surface area contributed by atoms with E-state index < -0.39 is 0 Å². The van der Waals surface area contributed by atoms with Crippen molar-refractivity contribution in [1.82, 2.24) is 9.97 Å². The molecular weight excluding hydrogens is 304 g/mol. The number of benzene rings is 1. The summed E-state index contributed by atoms with van der Waals surface area (Å²) in [5.41, 5.74) is 1.39. The number of hydrogen-bond acceptors (Lipinski definition) is 6. The Balaban J connectivity index is 1.77. The van der Waals surface area contributed by atoms with Gasteiger partial charge in [0.25, 0.3) is 0 Å². The maximum absolute atomic E-state index is 11.5. The van der Waals surface area contributed by atoms with Gasteiger partial charge in [0.2, 0.25) is 0 Å². The van der Waals surface area contributed by atoms with E-state index in [9.17, 15) is 4.79 Å². The second-order valence-corrected chi connectivity index (χ2v) is 5.90. The number of ether oxygens (including phenoxy) is 1. The standard InChI is InChI=1S/C18H22N4O2/c1-13-19-16(12-17(20-13)22-10-4-3-5-11-22)21-15-8-6-14(7-9-15)18(23)24-2/h6-9,12H,3-5,10-11H2,1-2H3,(H,19,20,21). The molecule has 0 saturated carbocycles. The van der Waals surface area contributed by atoms with Crippen LogP contribution in [0.25, 0.3) is 0 Å². The summed E-state index contributed by atoms with van der Waals surface area (Å²) in [5.74, 6) is 2.13. The Morgan fingerprint density at radius 2 is 1.83 bits per heavy atom. The van der Waals surface area contributed by atoms with E-state index in [1.807, 2.05) is 25.1 Å². The van der Waals surface area contributed by atoms with Crippen molar-refractivity contribution in [2.75, 3.05) is 30.4 Å². The molecule has 2 heterocycles. The predicted molar refractivity (Wildman–Crippen MR) is 93.9 cm³/mol. The lowest BCUT2D eigenvalue weighted by Crippen LogP contribution is -2.30. The lowest BCUT2D eigenvalue weighted by Gasteiger charge is -2.28. The van der Waals surface area contributed by atoms with Gasteiger partial charge in [0.05, 0.1) is 12.7 Å². The molecule has 0 bridgehead atoms. The molecule has 1 saturated heterocycles. The molecule has 1 fully saturated rings. The van der Waals surface area contributed by atoms with Crippen LogP contribution in [0, 0.1) is 6.92 Å². The predicted octanol–water partition coefficient (Wildman–Crippen LogP) is 3.31. The zero-order valence-corrected chi connectivity index (χ0v) is 14.1. The number of carbonyl (C=O) groups excluding carboxylic acids is 1. The molecule has 6 nitrogen and oxygen atoms in total. The lowest BCUT2D eigenvalue weighted by atomic mass is 10.1. The molecule has 0 aliphatic carbocycles. The van der Waals surface area contributed by atoms with Gasteiger partial charge in [0, 0.05) is 24.8 Å². The van der Waals surface area contributed by atoms with Crippen molar-refractivity contribution in [2.24, 2.45) is 0 Å². The summed E-state index contributed by atoms with van der Waals surface area (Å²) in [6, 6.07) is 9.11. The van der Waals surface area contributed by atoms with Crippen LogP contribution in [0.4, 0.5) is 17.3 Å². The van der Waals surface area contributed by atoms with Crippen LogP contribution in [-0.2, 0) is 4.74 Å². The molecule has 0 spiro atoms. The third-order valence-electron chi connectivity index (χ3n) is 4.08. The second kappa shape index (κ2) is 7.29. The number of nitrogens with one attached hydrogen (secondary N) is 1. The van der Waals surface area contributed by atoms with E-state index in [-0.39, 0.29) is 5.97 Å². The smallest absolute Gasteiger partial charge is 0.337 e. The van der Waals surface area contributed by atoms with Crippen LogP contribution in [0.15, 0.2) is 30.3 Å². The molecule has 1 aromatic heterocycles. The summed E-state index contributed by atoms with van der Waals surface area (Å²) in [6.07, 6.45) is 3.71. The summed E-state index contributed by atoms with van der Waals surface area (Å²) < 4.78 is 4.71. The second-order valence-electron chi connectivity index (χ2n) is 5.90. The van der Waals surface area contributed by atoms with E-state index in [0.717, 1.165) is 36.2 Å². The highest BCUT2D eigenvalue weighted by molar-refractivity contribution is 5.89. The first kappa shape index (κ1) is 16.2. The lowest BCUT2D eigenvalue weighted by molar-refractivity contribution is 0.0601. The topological polar surface area (TPSA) is 67.3 Å². The molecule has 1 aromatic carbocycles. The molecule has 0 unspecified atom stereocenters. The van der Waals surface area contributed by atoms with Crippen molar-refractivity contribution in [3.8, 4) is 0 Å². The molecule has 0 atom stereocenters. The highest BCUT2D eigenvalue weighted by atomic mass is 16.5. The van der Waals surface area contributed by atoms with Crippen LogP contribution in [0.1, 0.15) is 35.4 Å². The molecule has 1 N–H and O–H groups in total. The van der Waals surface area contributed by atoms with Gasteiger partial charge in [-0.2, -0.15) is 0 Å². The number of aryl methyl sites for hydroxylation is 1. The van der Waals surface area contributed by atoms with Crippen molar-refractivity contribution in [1.29, 1.82) is 0 Å². The van der Waals surface area contributed by atoms with Gasteiger partial charge < -0.3 is 15.0 Å². The minimum absolute atomic E-state index is 0.341. The van der Waals surface area contributed by atoms with E-state index in [1.54, 1.807) is 12.1 Å². The van der Waals surface area contributed by atoms with Gasteiger partial charge in [0.15, 0.2) is 0 Å². The molecular formula is C18H22N4O2. The number of esters is 1. The number of nitrogens with zero attached hydrogens (tertiary/aromatic N) is 3. The van der Waals surface area contributed by atoms with Crippen molar-refractivity contribution >= 4 is 23.3 Å². The molecule has 0 radical (unpaired) electrons. The van der Waals surface area contributed by atoms with Gasteiger partial charge in [-0.25, -0.2) is 14.8 Å². The number of anilines is 3. The third-order valence-corrected chi connectivity index (χ3v) is 4.08. The Morgan fingerprint density at radius 3 is 2.50 bits per heavy atom. The minimum Gasteiger partial charge on any atom is -0.465 e. The third kappa shape index (κ3) is 3.82. The highest BCUT2D eigenvalue weighted by Gasteiger charge is 2.14. The number of hydrogen-bond donors (Lipinski definition) is 1. The normalized spacial score (nSPS) is 14.3. The zero-order chi connectivity index (χ0) is 16.9. The minimum atomic E-state index is -0.341. The average Bonchev–Trinajstić information content (AvgIpc) is 2.62. The molecule has 6 heteroatoms. The van der Waals surface area contributed by atoms with Gasteiger partial charge in [-0.1, -0.05) is 0 Å². The molecule has 1 aliphatic rings. The van der Waals surface area contributed by atoms with Crippen LogP contribution < -0.4 is 10.2 Å². The first-order chi connectivity index (χ1) is 11.7. The summed E-state index contributed by atoms with van der Waals surface area (Å²) in [7, 11) is 1.38. The fourth-order valence-electron chi connectivity index (χ4n) is 2.86. The van der Waals surface area contributed by atoms with E-state index in [0.29, 0.717) is 5.56 Å². The van der Waals surface area contributed by atoms with Crippen molar-refractivity contribution in [3.63, 3.8) is 0 Å². The maximum atomic E-state index is 11.5. The summed E-state index contributed by atoms with van der Waals surface area (Å²) >= 11 is 0. The Kier molecular flexibility index (Phi) is 4.93. The molecule has 126 valence electrons. The number of carbonyl (C=O) groups is 1. The Hall–Kier alpha value is -2.63. The number of aromatic nitrogens is 2. The Bertz CT molecular complexity index is 709. The highest BCUT2D eigenvalue weighted by Crippen LogP contribution is 2.22. The van der Waals surface area contributed by atoms with Crippen molar-refractivity contribution in [2.45, 2.75) is 26.2 Å². The zero-order valence-electron chi connectivity index (χ0n) is 14.1. The van der Waals surface area contributed by atoms with Crippen molar-refractivity contribution in [3.05, 3.63) is 41.7 Å². The number of methoxy groups -OCH3 is 1. The quantitative estimate of drug-likeness (QED) is 0.870. The number of rotatable bonds is 4. The monoisotopic (exact) mass is 326 g/mol. The van der Waals surface area contributed by atoms with E-state index in [4.69, 9.17) is 4.74 Å². The van der Waals surface area contributed by atoms with Crippen molar-refractivity contribution < 1.29 is 9.53 Å². The molecule has 0 amide bonds. The van der Waals surface area contributed by atoms with Gasteiger partial charge in [-0.05, 0) is 50.5 Å². The molecule has 3 rings (SSSR count). The number of piperidine rings is 1. The fourth-order valence-corrected chi connectivity index (χ4v) is 2.86. The summed E-state index contributed by atoms with van der Waals surface area (Å²) in [6.45, 7) is 3.99. The van der Waals surface area contributed by atoms with Gasteiger partial charge in [0.1, 0.15) is 17.5 Å². The Labute approximate surface area is 141 Å². The van der Waals surface area contributed by atoms with Crippen LogP contribution in [0.5, 0.6) is 0 Å². The van der Waals surface area contributed by atoms with Crippen LogP contribution in [0.3, 0.4) is 0 Å². The van der Waals surface area contributed by atoms with Crippen LogP contribution in [-0.4, -0.2) is 36.1 Å². The van der Waals surface area contributed by atoms with E-state index in [1.165, 1.54) is 26.4 Å². The van der Waals surface area contributed by atoms with Gasteiger partial charge in [-0.15, -0.1) is 0 Å². The van der Waals surface area contributed by atoms with E-state index in [2.05, 4.69) is 20.2 Å². The first-order valence-electron chi connectivity index (χ1n) is 8.22. The first-order valence-corrected chi connectivity index (χ1v) is 8.22. The summed E-state index contributed by atoms with van der Waals surface area (Å²) in [5, 5.41) is 3.28. The Morgan fingerprint density at radius 1 is 1.12 bits per heavy atom. The van der Waals surface area contributed by atoms with Gasteiger partial charge in [-0.3, -0.25) is 0 Å². The molecule has 2 aromatic rings. The van der Waals surface area contributed by atoms with Gasteiger partial charge >= 0.3 is 5.97 Å². The largest absolute Gasteiger partial charge is 0.465 e. The maximum Gasteiger partial charge on any atom is 0.337 e.